The summed E-state index contributed by atoms with van der Waals surface area (Å²) in [6, 6.07) is 0.423. The largest absolute Gasteiger partial charge is 0.483 e. The first-order valence-electron chi connectivity index (χ1n) is 4.74. The minimum absolute atomic E-state index is 0.250. The Morgan fingerprint density at radius 2 is 2.08 bits per heavy atom. The lowest BCUT2D eigenvalue weighted by Crippen LogP contribution is -2.21. The van der Waals surface area contributed by atoms with Crippen molar-refractivity contribution in [3.63, 3.8) is 0 Å². The van der Waals surface area contributed by atoms with E-state index >= 15 is 0 Å². The second-order valence-electron chi connectivity index (χ2n) is 3.51. The first-order chi connectivity index (χ1) is 6.20. The number of carboxylic acid groups (broad SMARTS) is 1. The van der Waals surface area contributed by atoms with Gasteiger partial charge >= 0.3 is 0 Å². The quantitative estimate of drug-likeness (QED) is 0.530. The summed E-state index contributed by atoms with van der Waals surface area (Å²) in [6.07, 6.45) is 7.08. The fourth-order valence-electron chi connectivity index (χ4n) is 1.64. The monoisotopic (exact) mass is 205 g/mol. The summed E-state index contributed by atoms with van der Waals surface area (Å²) in [5.74, 6) is 0.959. The zero-order valence-electron chi connectivity index (χ0n) is 8.20. The van der Waals surface area contributed by atoms with Crippen LogP contribution in [0.15, 0.2) is 0 Å². The van der Waals surface area contributed by atoms with Crippen LogP contribution in [0.4, 0.5) is 0 Å². The molecule has 0 aromatic heterocycles. The van der Waals surface area contributed by atoms with Gasteiger partial charge in [0.05, 0.1) is 0 Å². The molecule has 1 heterocycles. The third kappa shape index (κ3) is 8.20. The molecule has 0 spiro atoms. The highest BCUT2D eigenvalue weighted by molar-refractivity contribution is 7.38. The highest BCUT2D eigenvalue weighted by Crippen LogP contribution is 2.29. The summed E-state index contributed by atoms with van der Waals surface area (Å²) in [7, 11) is 1.24. The van der Waals surface area contributed by atoms with Crippen LogP contribution in [0.2, 0.25) is 0 Å². The molecular weight excluding hydrogens is 185 g/mol. The van der Waals surface area contributed by atoms with Crippen molar-refractivity contribution in [2.75, 3.05) is 12.3 Å². The van der Waals surface area contributed by atoms with Gasteiger partial charge in [0.1, 0.15) is 0 Å². The summed E-state index contributed by atoms with van der Waals surface area (Å²) in [6.45, 7) is 1.87. The van der Waals surface area contributed by atoms with Crippen molar-refractivity contribution >= 4 is 15.1 Å². The van der Waals surface area contributed by atoms with Crippen molar-refractivity contribution in [2.24, 2.45) is 11.7 Å². The van der Waals surface area contributed by atoms with E-state index in [0.29, 0.717) is 6.04 Å². The van der Waals surface area contributed by atoms with Crippen molar-refractivity contribution in [3.05, 3.63) is 0 Å². The van der Waals surface area contributed by atoms with Crippen molar-refractivity contribution < 1.29 is 9.90 Å². The molecule has 1 fully saturated rings. The topological polar surface area (TPSA) is 63.3 Å². The molecule has 78 valence electrons. The Labute approximate surface area is 81.9 Å². The molecule has 1 atom stereocenters. The van der Waals surface area contributed by atoms with Crippen LogP contribution in [-0.4, -0.2) is 29.9 Å². The van der Waals surface area contributed by atoms with Gasteiger partial charge in [-0.25, -0.2) is 0 Å². The Bertz CT molecular complexity index is 125. The molecule has 1 rings (SSSR count). The molecule has 0 radical (unpaired) electrons. The maximum atomic E-state index is 8.36. The minimum atomic E-state index is -0.250. The second-order valence-corrected chi connectivity index (χ2v) is 5.01. The molecule has 0 aliphatic carbocycles. The molecular formula is C9H20NO2P. The highest BCUT2D eigenvalue weighted by Gasteiger charge is 2.13. The van der Waals surface area contributed by atoms with Gasteiger partial charge in [0.25, 0.3) is 6.47 Å². The van der Waals surface area contributed by atoms with E-state index in [4.69, 9.17) is 15.6 Å². The number of hydrogen-bond acceptors (Lipinski definition) is 2. The van der Waals surface area contributed by atoms with Crippen molar-refractivity contribution in [1.29, 1.82) is 0 Å². The third-order valence-electron chi connectivity index (χ3n) is 2.16. The molecule has 0 aromatic rings. The molecule has 3 nitrogen and oxygen atoms in total. The normalized spacial score (nSPS) is 25.8. The summed E-state index contributed by atoms with van der Waals surface area (Å²) < 4.78 is 0. The molecule has 4 heteroatoms. The van der Waals surface area contributed by atoms with E-state index in [9.17, 15) is 0 Å². The summed E-state index contributed by atoms with van der Waals surface area (Å²) in [5, 5.41) is 6.89. The maximum absolute atomic E-state index is 8.36. The highest BCUT2D eigenvalue weighted by atomic mass is 31.1. The van der Waals surface area contributed by atoms with Crippen LogP contribution in [0.3, 0.4) is 0 Å². The molecule has 3 N–H and O–H groups in total. The van der Waals surface area contributed by atoms with Gasteiger partial charge in [-0.3, -0.25) is 4.79 Å². The number of hydrogen-bond donors (Lipinski definition) is 2. The van der Waals surface area contributed by atoms with Gasteiger partial charge in [-0.05, 0) is 44.4 Å². The third-order valence-corrected chi connectivity index (χ3v) is 3.45. The Hall–Kier alpha value is -0.140. The van der Waals surface area contributed by atoms with Gasteiger partial charge in [-0.15, -0.1) is 8.58 Å². The van der Waals surface area contributed by atoms with E-state index in [2.05, 4.69) is 6.92 Å². The van der Waals surface area contributed by atoms with Crippen molar-refractivity contribution in [3.8, 4) is 0 Å². The van der Waals surface area contributed by atoms with E-state index in [-0.39, 0.29) is 6.47 Å². The molecule has 1 saturated heterocycles. The van der Waals surface area contributed by atoms with Crippen LogP contribution in [-0.2, 0) is 4.79 Å². The van der Waals surface area contributed by atoms with Gasteiger partial charge < -0.3 is 10.8 Å². The number of carbonyl (C=O) groups is 1. The summed E-state index contributed by atoms with van der Waals surface area (Å²) in [5.41, 5.74) is 5.73. The lowest BCUT2D eigenvalue weighted by atomic mass is 9.95. The Kier molecular flexibility index (Phi) is 8.37. The average Bonchev–Trinajstić information content (AvgIpc) is 2.06. The average molecular weight is 205 g/mol. The van der Waals surface area contributed by atoms with Crippen LogP contribution in [0, 0.1) is 5.92 Å². The van der Waals surface area contributed by atoms with Crippen molar-refractivity contribution in [1.82, 2.24) is 0 Å². The molecule has 0 bridgehead atoms. The molecule has 0 saturated carbocycles. The zero-order chi connectivity index (χ0) is 10.1. The first kappa shape index (κ1) is 12.9. The van der Waals surface area contributed by atoms with E-state index < -0.39 is 0 Å². The first-order valence-corrected chi connectivity index (χ1v) is 6.16. The van der Waals surface area contributed by atoms with Crippen molar-refractivity contribution in [2.45, 2.75) is 32.2 Å². The maximum Gasteiger partial charge on any atom is 0.290 e. The lowest BCUT2D eigenvalue weighted by molar-refractivity contribution is -0.122. The molecule has 1 unspecified atom stereocenters. The number of nitrogens with two attached hydrogens (primary N) is 1. The summed E-state index contributed by atoms with van der Waals surface area (Å²) in [4.78, 5) is 8.36. The minimum Gasteiger partial charge on any atom is -0.483 e. The van der Waals surface area contributed by atoms with E-state index in [0.717, 1.165) is 5.92 Å². The molecule has 0 aromatic carbocycles. The predicted molar refractivity (Wildman–Crippen MR) is 57.7 cm³/mol. The Morgan fingerprint density at radius 3 is 2.46 bits per heavy atom. The van der Waals surface area contributed by atoms with E-state index in [1.165, 1.54) is 40.2 Å². The van der Waals surface area contributed by atoms with Gasteiger partial charge in [0.2, 0.25) is 0 Å². The van der Waals surface area contributed by atoms with Crippen LogP contribution in [0.5, 0.6) is 0 Å². The second kappa shape index (κ2) is 8.46. The Morgan fingerprint density at radius 1 is 1.62 bits per heavy atom. The van der Waals surface area contributed by atoms with E-state index in [1.807, 2.05) is 0 Å². The molecule has 1 aliphatic rings. The molecule has 1 aliphatic heterocycles. The summed E-state index contributed by atoms with van der Waals surface area (Å²) >= 11 is 0. The fourth-order valence-corrected chi connectivity index (χ4v) is 3.12. The van der Waals surface area contributed by atoms with Gasteiger partial charge in [-0.2, -0.15) is 0 Å². The molecule has 13 heavy (non-hydrogen) atoms. The van der Waals surface area contributed by atoms with Crippen LogP contribution in [0.1, 0.15) is 26.2 Å². The lowest BCUT2D eigenvalue weighted by Gasteiger charge is -2.22. The van der Waals surface area contributed by atoms with E-state index in [1.54, 1.807) is 0 Å². The van der Waals surface area contributed by atoms with Crippen LogP contribution < -0.4 is 5.73 Å². The Balaban J connectivity index is 0.000000424. The standard InChI is InChI=1S/C8H18NP.CH2O2/c1-7(9)6-8-2-4-10-5-3-8;2-1-3/h7-8,10H,2-6,9H2,1H3;1H,(H,2,3). The smallest absolute Gasteiger partial charge is 0.290 e. The van der Waals surface area contributed by atoms with Gasteiger partial charge in [0.15, 0.2) is 0 Å². The van der Waals surface area contributed by atoms with Crippen LogP contribution in [0.25, 0.3) is 0 Å². The molecule has 0 amide bonds. The SMILES string of the molecule is CC(N)CC1CCPCC1.O=CO. The van der Waals surface area contributed by atoms with Gasteiger partial charge in [-0.1, -0.05) is 0 Å². The van der Waals surface area contributed by atoms with Crippen LogP contribution >= 0.6 is 8.58 Å². The zero-order valence-corrected chi connectivity index (χ0v) is 9.20. The predicted octanol–water partition coefficient (Wildman–Crippen LogP) is 1.51. The number of rotatable bonds is 2. The fraction of sp³-hybridized carbons (Fsp3) is 0.889. The van der Waals surface area contributed by atoms with Gasteiger partial charge in [0, 0.05) is 6.04 Å².